The van der Waals surface area contributed by atoms with Crippen molar-refractivity contribution >= 4 is 11.9 Å². The van der Waals surface area contributed by atoms with E-state index in [1.165, 1.54) is 0 Å². The second kappa shape index (κ2) is 13.2. The molecule has 0 heterocycles. The van der Waals surface area contributed by atoms with Gasteiger partial charge in [0.2, 0.25) is 0 Å². The lowest BCUT2D eigenvalue weighted by Gasteiger charge is -2.31. The maximum atomic E-state index is 12.0. The number of aliphatic carboxylic acids is 2. The van der Waals surface area contributed by atoms with Gasteiger partial charge in [-0.2, -0.15) is 0 Å². The summed E-state index contributed by atoms with van der Waals surface area (Å²) in [6.45, 7) is 8.28. The van der Waals surface area contributed by atoms with E-state index in [4.69, 9.17) is 0 Å². The van der Waals surface area contributed by atoms with Crippen molar-refractivity contribution in [2.75, 3.05) is 0 Å². The summed E-state index contributed by atoms with van der Waals surface area (Å²) in [4.78, 5) is 23.9. The van der Waals surface area contributed by atoms with Crippen molar-refractivity contribution in [1.29, 1.82) is 0 Å². The lowest BCUT2D eigenvalue weighted by atomic mass is 9.72. The van der Waals surface area contributed by atoms with Gasteiger partial charge < -0.3 is 10.2 Å². The summed E-state index contributed by atoms with van der Waals surface area (Å²) in [6, 6.07) is 0. The zero-order valence-corrected chi connectivity index (χ0v) is 17.6. The molecule has 4 heteroatoms. The first kappa shape index (κ1) is 24.9. The smallest absolute Gasteiger partial charge is 0.309 e. The summed E-state index contributed by atoms with van der Waals surface area (Å²) >= 11 is 0. The highest BCUT2D eigenvalue weighted by molar-refractivity contribution is 5.75. The third-order valence-corrected chi connectivity index (χ3v) is 5.94. The number of rotatable bonds is 17. The summed E-state index contributed by atoms with van der Waals surface area (Å²) in [6.07, 6.45) is 11.5. The summed E-state index contributed by atoms with van der Waals surface area (Å²) in [5.74, 6) is -1.34. The molecule has 0 saturated heterocycles. The van der Waals surface area contributed by atoms with E-state index in [9.17, 15) is 19.8 Å². The van der Waals surface area contributed by atoms with E-state index in [0.717, 1.165) is 77.0 Å². The van der Waals surface area contributed by atoms with E-state index in [0.29, 0.717) is 12.8 Å². The van der Waals surface area contributed by atoms with Crippen LogP contribution in [0.25, 0.3) is 0 Å². The molecule has 2 unspecified atom stereocenters. The minimum atomic E-state index is -0.670. The van der Waals surface area contributed by atoms with E-state index >= 15 is 0 Å². The van der Waals surface area contributed by atoms with E-state index < -0.39 is 22.8 Å². The molecular weight excluding hydrogens is 328 g/mol. The summed E-state index contributed by atoms with van der Waals surface area (Å²) in [5.41, 5.74) is -1.24. The van der Waals surface area contributed by atoms with Crippen LogP contribution >= 0.6 is 0 Å². The van der Waals surface area contributed by atoms with Gasteiger partial charge in [0.15, 0.2) is 0 Å². The molecular formula is C22H42O4. The van der Waals surface area contributed by atoms with Crippen molar-refractivity contribution in [2.45, 2.75) is 118 Å². The molecule has 0 amide bonds. The molecule has 0 aliphatic rings. The summed E-state index contributed by atoms with van der Waals surface area (Å²) < 4.78 is 0. The van der Waals surface area contributed by atoms with Crippen molar-refractivity contribution in [3.8, 4) is 0 Å². The molecule has 0 saturated carbocycles. The molecule has 0 aromatic heterocycles. The van der Waals surface area contributed by atoms with Crippen LogP contribution in [0, 0.1) is 10.8 Å². The molecule has 0 aliphatic carbocycles. The van der Waals surface area contributed by atoms with Crippen LogP contribution in [0.3, 0.4) is 0 Å². The first-order valence-electron chi connectivity index (χ1n) is 10.8. The van der Waals surface area contributed by atoms with Crippen molar-refractivity contribution < 1.29 is 19.8 Å². The zero-order valence-electron chi connectivity index (χ0n) is 17.6. The Labute approximate surface area is 160 Å². The second-order valence-electron chi connectivity index (χ2n) is 8.09. The standard InChI is InChI=1S/C22H42O4/c1-5-9-15-21(13-7-3,19(23)24)17-11-12-18-22(14-8-4,20(25)26)16-10-6-2/h5-18H2,1-4H3,(H,23,24)(H,25,26). The van der Waals surface area contributed by atoms with Crippen molar-refractivity contribution in [2.24, 2.45) is 10.8 Å². The van der Waals surface area contributed by atoms with Crippen molar-refractivity contribution in [3.63, 3.8) is 0 Å². The number of unbranched alkanes of at least 4 members (excludes halogenated alkanes) is 3. The maximum absolute atomic E-state index is 12.0. The molecule has 0 aliphatic heterocycles. The van der Waals surface area contributed by atoms with E-state index in [2.05, 4.69) is 13.8 Å². The fourth-order valence-corrected chi connectivity index (χ4v) is 4.31. The van der Waals surface area contributed by atoms with Crippen LogP contribution in [0.1, 0.15) is 118 Å². The van der Waals surface area contributed by atoms with Gasteiger partial charge in [0, 0.05) is 0 Å². The largest absolute Gasteiger partial charge is 0.481 e. The van der Waals surface area contributed by atoms with Crippen LogP contribution in [0.15, 0.2) is 0 Å². The average molecular weight is 371 g/mol. The number of carbonyl (C=O) groups is 2. The predicted octanol–water partition coefficient (Wildman–Crippen LogP) is 6.67. The lowest BCUT2D eigenvalue weighted by molar-refractivity contribution is -0.152. The third-order valence-electron chi connectivity index (χ3n) is 5.94. The Morgan fingerprint density at radius 2 is 0.846 bits per heavy atom. The van der Waals surface area contributed by atoms with Crippen LogP contribution in [-0.4, -0.2) is 22.2 Å². The normalized spacial score (nSPS) is 16.0. The van der Waals surface area contributed by atoms with Crippen LogP contribution in [0.2, 0.25) is 0 Å². The van der Waals surface area contributed by atoms with Crippen LogP contribution in [0.5, 0.6) is 0 Å². The number of hydrogen-bond donors (Lipinski definition) is 2. The zero-order chi connectivity index (χ0) is 20.1. The van der Waals surface area contributed by atoms with E-state index in [-0.39, 0.29) is 0 Å². The summed E-state index contributed by atoms with van der Waals surface area (Å²) in [7, 11) is 0. The van der Waals surface area contributed by atoms with Gasteiger partial charge in [-0.1, -0.05) is 79.1 Å². The van der Waals surface area contributed by atoms with Gasteiger partial charge in [0.25, 0.3) is 0 Å². The minimum absolute atomic E-state index is 0.620. The van der Waals surface area contributed by atoms with Gasteiger partial charge in [0.05, 0.1) is 10.8 Å². The Morgan fingerprint density at radius 3 is 1.08 bits per heavy atom. The maximum Gasteiger partial charge on any atom is 0.309 e. The molecule has 2 atom stereocenters. The van der Waals surface area contributed by atoms with Gasteiger partial charge in [-0.25, -0.2) is 0 Å². The highest BCUT2D eigenvalue weighted by atomic mass is 16.4. The Balaban J connectivity index is 4.93. The Bertz CT molecular complexity index is 369. The molecule has 26 heavy (non-hydrogen) atoms. The molecule has 0 spiro atoms. The monoisotopic (exact) mass is 370 g/mol. The molecule has 0 rings (SSSR count). The topological polar surface area (TPSA) is 74.6 Å². The molecule has 0 radical (unpaired) electrons. The van der Waals surface area contributed by atoms with Crippen molar-refractivity contribution in [3.05, 3.63) is 0 Å². The van der Waals surface area contributed by atoms with Gasteiger partial charge >= 0.3 is 11.9 Å². The molecule has 2 N–H and O–H groups in total. The highest BCUT2D eigenvalue weighted by Gasteiger charge is 2.38. The number of carboxylic acids is 2. The van der Waals surface area contributed by atoms with Gasteiger partial charge in [0.1, 0.15) is 0 Å². The molecule has 0 aromatic carbocycles. The Kier molecular flexibility index (Phi) is 12.6. The van der Waals surface area contributed by atoms with E-state index in [1.54, 1.807) is 0 Å². The Morgan fingerprint density at radius 1 is 0.538 bits per heavy atom. The molecule has 0 aromatic rings. The van der Waals surface area contributed by atoms with Gasteiger partial charge in [-0.05, 0) is 38.5 Å². The molecule has 4 nitrogen and oxygen atoms in total. The predicted molar refractivity (Wildman–Crippen MR) is 107 cm³/mol. The first-order valence-corrected chi connectivity index (χ1v) is 10.8. The van der Waals surface area contributed by atoms with Gasteiger partial charge in [-0.3, -0.25) is 9.59 Å². The van der Waals surface area contributed by atoms with Crippen LogP contribution < -0.4 is 0 Å². The van der Waals surface area contributed by atoms with Crippen LogP contribution in [-0.2, 0) is 9.59 Å². The molecule has 0 bridgehead atoms. The molecule has 0 fully saturated rings. The Hall–Kier alpha value is -1.06. The number of hydrogen-bond acceptors (Lipinski definition) is 2. The highest BCUT2D eigenvalue weighted by Crippen LogP contribution is 2.40. The second-order valence-corrected chi connectivity index (χ2v) is 8.09. The van der Waals surface area contributed by atoms with Crippen LogP contribution in [0.4, 0.5) is 0 Å². The first-order chi connectivity index (χ1) is 12.3. The third kappa shape index (κ3) is 7.67. The lowest BCUT2D eigenvalue weighted by Crippen LogP contribution is -2.32. The van der Waals surface area contributed by atoms with Gasteiger partial charge in [-0.15, -0.1) is 0 Å². The average Bonchev–Trinajstić information content (AvgIpc) is 2.60. The van der Waals surface area contributed by atoms with Crippen molar-refractivity contribution in [1.82, 2.24) is 0 Å². The fraction of sp³-hybridized carbons (Fsp3) is 0.909. The molecule has 154 valence electrons. The SMILES string of the molecule is CCCCC(CCC)(CCCCC(CCC)(CCCC)C(=O)O)C(=O)O. The fourth-order valence-electron chi connectivity index (χ4n) is 4.31. The number of carboxylic acid groups (broad SMARTS) is 2. The quantitative estimate of drug-likeness (QED) is 0.280. The summed E-state index contributed by atoms with van der Waals surface area (Å²) in [5, 5.41) is 19.7. The van der Waals surface area contributed by atoms with E-state index in [1.807, 2.05) is 13.8 Å². The minimum Gasteiger partial charge on any atom is -0.481 e.